The number of aromatic nitrogens is 4. The highest BCUT2D eigenvalue weighted by Crippen LogP contribution is 2.23. The van der Waals surface area contributed by atoms with Crippen molar-refractivity contribution in [3.8, 4) is 0 Å². The van der Waals surface area contributed by atoms with Crippen molar-refractivity contribution in [3.63, 3.8) is 0 Å². The van der Waals surface area contributed by atoms with E-state index in [1.807, 2.05) is 22.9 Å². The fourth-order valence-electron chi connectivity index (χ4n) is 3.03. The van der Waals surface area contributed by atoms with E-state index >= 15 is 0 Å². The summed E-state index contributed by atoms with van der Waals surface area (Å²) < 4.78 is 40.4. The minimum absolute atomic E-state index is 0.327. The van der Waals surface area contributed by atoms with Crippen LogP contribution in [0.4, 0.5) is 21.8 Å². The Balaban J connectivity index is 1.68. The third-order valence-electron chi connectivity index (χ3n) is 4.59. The second-order valence-electron chi connectivity index (χ2n) is 6.77. The van der Waals surface area contributed by atoms with E-state index < -0.39 is 10.0 Å². The van der Waals surface area contributed by atoms with Crippen LogP contribution in [0.15, 0.2) is 61.1 Å². The first-order valence-corrected chi connectivity index (χ1v) is 10.9. The number of sulfonamides is 1. The molecule has 30 heavy (non-hydrogen) atoms. The normalized spacial score (nSPS) is 11.6. The van der Waals surface area contributed by atoms with Crippen LogP contribution >= 0.6 is 0 Å². The zero-order valence-electron chi connectivity index (χ0n) is 16.3. The predicted octanol–water partition coefficient (Wildman–Crippen LogP) is 3.15. The lowest BCUT2D eigenvalue weighted by Gasteiger charge is -2.19. The molecule has 0 unspecified atom stereocenters. The summed E-state index contributed by atoms with van der Waals surface area (Å²) in [7, 11) is -1.98. The number of fused-ring (bicyclic) bond motifs is 1. The van der Waals surface area contributed by atoms with E-state index in [-0.39, 0.29) is 5.82 Å². The second-order valence-corrected chi connectivity index (χ2v) is 8.78. The van der Waals surface area contributed by atoms with Gasteiger partial charge in [0, 0.05) is 42.3 Å². The van der Waals surface area contributed by atoms with Gasteiger partial charge in [0.15, 0.2) is 0 Å². The molecule has 1 N–H and O–H groups in total. The quantitative estimate of drug-likeness (QED) is 0.509. The van der Waals surface area contributed by atoms with Crippen molar-refractivity contribution in [2.45, 2.75) is 6.54 Å². The van der Waals surface area contributed by atoms with Crippen molar-refractivity contribution < 1.29 is 12.8 Å². The predicted molar refractivity (Wildman–Crippen MR) is 114 cm³/mol. The number of nitrogens with one attached hydrogen (secondary N) is 1. The highest BCUT2D eigenvalue weighted by Gasteiger charge is 2.18. The van der Waals surface area contributed by atoms with Crippen molar-refractivity contribution in [1.29, 1.82) is 0 Å². The molecule has 0 fully saturated rings. The average Bonchev–Trinajstić information content (AvgIpc) is 3.09. The van der Waals surface area contributed by atoms with Crippen LogP contribution in [-0.2, 0) is 16.6 Å². The summed E-state index contributed by atoms with van der Waals surface area (Å²) in [5.41, 5.74) is 1.92. The zero-order valence-corrected chi connectivity index (χ0v) is 17.1. The molecule has 3 heterocycles. The molecule has 0 saturated carbocycles. The van der Waals surface area contributed by atoms with Crippen LogP contribution in [0.5, 0.6) is 0 Å². The molecule has 154 valence electrons. The summed E-state index contributed by atoms with van der Waals surface area (Å²) in [6, 6.07) is 11.5. The molecule has 0 saturated heterocycles. The summed E-state index contributed by atoms with van der Waals surface area (Å²) in [6.45, 7) is 0.364. The van der Waals surface area contributed by atoms with Crippen LogP contribution in [0.1, 0.15) is 5.56 Å². The topological polar surface area (TPSA) is 93.0 Å². The molecule has 1 aromatic carbocycles. The first-order valence-electron chi connectivity index (χ1n) is 9.03. The maximum atomic E-state index is 13.4. The lowest BCUT2D eigenvalue weighted by molar-refractivity contribution is 0.599. The minimum Gasteiger partial charge on any atom is -0.328 e. The van der Waals surface area contributed by atoms with E-state index in [0.29, 0.717) is 29.6 Å². The Bertz CT molecular complexity index is 1320. The minimum atomic E-state index is -3.45. The number of nitrogens with zero attached hydrogens (tertiary/aromatic N) is 5. The average molecular weight is 426 g/mol. The van der Waals surface area contributed by atoms with E-state index in [2.05, 4.69) is 20.3 Å². The summed E-state index contributed by atoms with van der Waals surface area (Å²) in [5.74, 6) is 0.324. The van der Waals surface area contributed by atoms with Gasteiger partial charge in [-0.2, -0.15) is 4.98 Å². The van der Waals surface area contributed by atoms with Crippen molar-refractivity contribution in [2.24, 2.45) is 0 Å². The Morgan fingerprint density at radius 3 is 2.77 bits per heavy atom. The fraction of sp³-hybridized carbons (Fsp3) is 0.150. The number of hydrogen-bond donors (Lipinski definition) is 1. The van der Waals surface area contributed by atoms with Gasteiger partial charge in [0.25, 0.3) is 0 Å². The molecule has 0 bridgehead atoms. The fourth-order valence-corrected chi connectivity index (χ4v) is 3.51. The van der Waals surface area contributed by atoms with Crippen molar-refractivity contribution >= 4 is 38.5 Å². The molecular weight excluding hydrogens is 407 g/mol. The van der Waals surface area contributed by atoms with E-state index in [4.69, 9.17) is 0 Å². The van der Waals surface area contributed by atoms with Gasteiger partial charge < -0.3 is 9.88 Å². The maximum Gasteiger partial charge on any atom is 0.233 e. The largest absolute Gasteiger partial charge is 0.328 e. The summed E-state index contributed by atoms with van der Waals surface area (Å²) >= 11 is 0. The van der Waals surface area contributed by atoms with E-state index in [1.165, 1.54) is 19.2 Å². The summed E-state index contributed by atoms with van der Waals surface area (Å²) in [5, 5.41) is 3.81. The third-order valence-corrected chi connectivity index (χ3v) is 5.75. The molecule has 0 amide bonds. The van der Waals surface area contributed by atoms with Crippen molar-refractivity contribution in [3.05, 3.63) is 72.4 Å². The molecule has 4 rings (SSSR count). The highest BCUT2D eigenvalue weighted by atomic mass is 32.2. The zero-order chi connectivity index (χ0) is 21.3. The van der Waals surface area contributed by atoms with Crippen LogP contribution in [0.3, 0.4) is 0 Å². The Morgan fingerprint density at radius 1 is 1.17 bits per heavy atom. The number of hydrogen-bond acceptors (Lipinski definition) is 6. The van der Waals surface area contributed by atoms with Crippen molar-refractivity contribution in [1.82, 2.24) is 19.5 Å². The standard InChI is InChI=1S/C20H19FN6O2S/c1-26(30(2,28)29)18-15(5-4-9-22-18)13-27-10-8-14-12-23-20(25-19(14)27)24-17-7-3-6-16(21)11-17/h3-12H,13H2,1-2H3,(H,23,24,25). The summed E-state index contributed by atoms with van der Waals surface area (Å²) in [4.78, 5) is 13.1. The van der Waals surface area contributed by atoms with Gasteiger partial charge in [-0.3, -0.25) is 4.31 Å². The molecule has 10 heteroatoms. The van der Waals surface area contributed by atoms with E-state index in [9.17, 15) is 12.8 Å². The number of rotatable bonds is 6. The van der Waals surface area contributed by atoms with Gasteiger partial charge in [-0.15, -0.1) is 0 Å². The van der Waals surface area contributed by atoms with Gasteiger partial charge >= 0.3 is 0 Å². The first kappa shape index (κ1) is 19.8. The van der Waals surface area contributed by atoms with Gasteiger partial charge in [0.2, 0.25) is 16.0 Å². The number of halogens is 1. The molecule has 3 aromatic heterocycles. The number of benzene rings is 1. The van der Waals surface area contributed by atoms with E-state index in [0.717, 1.165) is 21.5 Å². The van der Waals surface area contributed by atoms with Gasteiger partial charge in [0.1, 0.15) is 17.3 Å². The van der Waals surface area contributed by atoms with Gasteiger partial charge in [-0.05, 0) is 30.3 Å². The second kappa shape index (κ2) is 7.71. The number of anilines is 3. The molecule has 0 aliphatic rings. The first-order chi connectivity index (χ1) is 14.3. The van der Waals surface area contributed by atoms with Crippen LogP contribution in [-0.4, -0.2) is 41.2 Å². The van der Waals surface area contributed by atoms with Crippen molar-refractivity contribution in [2.75, 3.05) is 22.9 Å². The number of pyridine rings is 1. The van der Waals surface area contributed by atoms with Gasteiger partial charge in [-0.25, -0.2) is 22.8 Å². The Morgan fingerprint density at radius 2 is 2.00 bits per heavy atom. The SMILES string of the molecule is CN(c1ncccc1Cn1ccc2cnc(Nc3cccc(F)c3)nc21)S(C)(=O)=O. The molecule has 0 atom stereocenters. The lowest BCUT2D eigenvalue weighted by atomic mass is 10.2. The maximum absolute atomic E-state index is 13.4. The molecule has 0 aliphatic heterocycles. The van der Waals surface area contributed by atoms with Gasteiger partial charge in [0.05, 0.1) is 12.8 Å². The van der Waals surface area contributed by atoms with Crippen LogP contribution in [0.25, 0.3) is 11.0 Å². The lowest BCUT2D eigenvalue weighted by Crippen LogP contribution is -2.27. The molecular formula is C20H19FN6O2S. The molecule has 4 aromatic rings. The summed E-state index contributed by atoms with van der Waals surface area (Å²) in [6.07, 6.45) is 6.21. The molecule has 0 radical (unpaired) electrons. The Labute approximate surface area is 173 Å². The molecule has 0 spiro atoms. The third kappa shape index (κ3) is 4.08. The highest BCUT2D eigenvalue weighted by molar-refractivity contribution is 7.92. The Kier molecular flexibility index (Phi) is 5.08. The Hall–Kier alpha value is -3.53. The van der Waals surface area contributed by atoms with E-state index in [1.54, 1.807) is 30.6 Å². The monoisotopic (exact) mass is 426 g/mol. The van der Waals surface area contributed by atoms with Gasteiger partial charge in [-0.1, -0.05) is 12.1 Å². The molecule has 8 nitrogen and oxygen atoms in total. The molecule has 0 aliphatic carbocycles. The smallest absolute Gasteiger partial charge is 0.233 e. The van der Waals surface area contributed by atoms with Crippen LogP contribution in [0, 0.1) is 5.82 Å². The van der Waals surface area contributed by atoms with Crippen LogP contribution < -0.4 is 9.62 Å². The van der Waals surface area contributed by atoms with Crippen LogP contribution in [0.2, 0.25) is 0 Å².